The zero-order chi connectivity index (χ0) is 10.5. The van der Waals surface area contributed by atoms with Crippen LogP contribution in [-0.4, -0.2) is 33.9 Å². The second-order valence-corrected chi connectivity index (χ2v) is 11.8. The predicted octanol–water partition coefficient (Wildman–Crippen LogP) is 1.28. The van der Waals surface area contributed by atoms with Gasteiger partial charge in [0.2, 0.25) is 0 Å². The normalized spacial score (nSPS) is 15.0. The lowest BCUT2D eigenvalue weighted by atomic mass is 10.3. The fourth-order valence-corrected chi connectivity index (χ4v) is 7.36. The zero-order valence-corrected chi connectivity index (χ0v) is 11.2. The van der Waals surface area contributed by atoms with Crippen LogP contribution in [0.1, 0.15) is 12.8 Å². The lowest BCUT2D eigenvalue weighted by molar-refractivity contribution is -0.0454. The Morgan fingerprint density at radius 3 is 2.23 bits per heavy atom. The molecule has 0 aliphatic carbocycles. The van der Waals surface area contributed by atoms with E-state index in [9.17, 15) is 0 Å². The average molecular weight is 222 g/mol. The quantitative estimate of drug-likeness (QED) is 0.526. The van der Waals surface area contributed by atoms with Gasteiger partial charge in [0, 0.05) is 0 Å². The van der Waals surface area contributed by atoms with Gasteiger partial charge in [0.1, 0.15) is 0 Å². The van der Waals surface area contributed by atoms with E-state index in [2.05, 4.69) is 26.2 Å². The molecule has 0 aromatic rings. The maximum absolute atomic E-state index is 8.64. The molecule has 0 saturated carbocycles. The van der Waals surface area contributed by atoms with Gasteiger partial charge in [-0.2, -0.15) is 0 Å². The van der Waals surface area contributed by atoms with E-state index in [0.717, 1.165) is 12.5 Å². The van der Waals surface area contributed by atoms with E-state index in [1.165, 1.54) is 0 Å². The first-order valence-corrected chi connectivity index (χ1v) is 10.7. The van der Waals surface area contributed by atoms with Crippen LogP contribution in [0.3, 0.4) is 0 Å². The highest BCUT2D eigenvalue weighted by molar-refractivity contribution is 6.77. The second-order valence-electron chi connectivity index (χ2n) is 4.45. The SMILES string of the molecule is C[SiH](CCCC(O)O)O[Si](C)(C)C. The van der Waals surface area contributed by atoms with Gasteiger partial charge in [-0.3, -0.25) is 0 Å². The van der Waals surface area contributed by atoms with E-state index in [4.69, 9.17) is 14.3 Å². The molecule has 0 bridgehead atoms. The fourth-order valence-electron chi connectivity index (χ4n) is 1.25. The Balaban J connectivity index is 3.46. The van der Waals surface area contributed by atoms with Crippen LogP contribution in [0.2, 0.25) is 32.2 Å². The molecule has 0 aliphatic heterocycles. The molecule has 0 radical (unpaired) electrons. The van der Waals surface area contributed by atoms with Crippen LogP contribution < -0.4 is 0 Å². The molecular weight excluding hydrogens is 200 g/mol. The van der Waals surface area contributed by atoms with Gasteiger partial charge in [-0.05, 0) is 45.1 Å². The highest BCUT2D eigenvalue weighted by atomic mass is 28.4. The van der Waals surface area contributed by atoms with Crippen LogP contribution in [-0.2, 0) is 4.12 Å². The van der Waals surface area contributed by atoms with Gasteiger partial charge < -0.3 is 14.3 Å². The Labute approximate surface area is 83.6 Å². The van der Waals surface area contributed by atoms with Crippen molar-refractivity contribution in [2.75, 3.05) is 0 Å². The van der Waals surface area contributed by atoms with Crippen LogP contribution in [0.5, 0.6) is 0 Å². The monoisotopic (exact) mass is 222 g/mol. The molecule has 80 valence electrons. The molecule has 3 nitrogen and oxygen atoms in total. The summed E-state index contributed by atoms with van der Waals surface area (Å²) in [6, 6.07) is 1.04. The van der Waals surface area contributed by atoms with Crippen molar-refractivity contribution in [1.29, 1.82) is 0 Å². The Kier molecular flexibility index (Phi) is 6.07. The Bertz CT molecular complexity index is 134. The minimum absolute atomic E-state index is 0.479. The number of hydrogen-bond donors (Lipinski definition) is 2. The summed E-state index contributed by atoms with van der Waals surface area (Å²) in [6.45, 7) is 8.76. The summed E-state index contributed by atoms with van der Waals surface area (Å²) < 4.78 is 5.93. The summed E-state index contributed by atoms with van der Waals surface area (Å²) in [5.41, 5.74) is 0. The molecule has 2 N–H and O–H groups in total. The molecule has 1 atom stereocenters. The lowest BCUT2D eigenvalue weighted by Crippen LogP contribution is -2.33. The van der Waals surface area contributed by atoms with Gasteiger partial charge in [-0.15, -0.1) is 0 Å². The van der Waals surface area contributed by atoms with E-state index < -0.39 is 23.6 Å². The van der Waals surface area contributed by atoms with Crippen LogP contribution in [0.25, 0.3) is 0 Å². The molecule has 0 aromatic heterocycles. The highest BCUT2D eigenvalue weighted by Crippen LogP contribution is 2.10. The van der Waals surface area contributed by atoms with Gasteiger partial charge in [0.25, 0.3) is 0 Å². The van der Waals surface area contributed by atoms with E-state index in [-0.39, 0.29) is 0 Å². The third-order valence-electron chi connectivity index (χ3n) is 1.63. The molecule has 0 spiro atoms. The molecule has 0 aliphatic rings. The number of aliphatic hydroxyl groups is 2. The van der Waals surface area contributed by atoms with Crippen molar-refractivity contribution in [3.63, 3.8) is 0 Å². The van der Waals surface area contributed by atoms with Crippen molar-refractivity contribution in [3.05, 3.63) is 0 Å². The van der Waals surface area contributed by atoms with Crippen molar-refractivity contribution >= 4 is 17.4 Å². The predicted molar refractivity (Wildman–Crippen MR) is 59.7 cm³/mol. The molecule has 0 heterocycles. The van der Waals surface area contributed by atoms with E-state index in [1.807, 2.05) is 0 Å². The van der Waals surface area contributed by atoms with Crippen molar-refractivity contribution < 1.29 is 14.3 Å². The number of rotatable bonds is 6. The van der Waals surface area contributed by atoms with Crippen molar-refractivity contribution in [1.82, 2.24) is 0 Å². The Hall–Kier alpha value is 0.314. The first kappa shape index (κ1) is 13.3. The fraction of sp³-hybridized carbons (Fsp3) is 1.00. The van der Waals surface area contributed by atoms with Crippen molar-refractivity contribution in [2.45, 2.75) is 51.4 Å². The minimum Gasteiger partial charge on any atom is -0.458 e. The van der Waals surface area contributed by atoms with Gasteiger partial charge in [-0.25, -0.2) is 0 Å². The largest absolute Gasteiger partial charge is 0.458 e. The lowest BCUT2D eigenvalue weighted by Gasteiger charge is -2.23. The van der Waals surface area contributed by atoms with E-state index >= 15 is 0 Å². The smallest absolute Gasteiger partial charge is 0.170 e. The van der Waals surface area contributed by atoms with Crippen LogP contribution in [0.4, 0.5) is 0 Å². The minimum atomic E-state index is -1.36. The van der Waals surface area contributed by atoms with Gasteiger partial charge in [0.05, 0.1) is 0 Å². The highest BCUT2D eigenvalue weighted by Gasteiger charge is 2.18. The molecule has 0 fully saturated rings. The van der Waals surface area contributed by atoms with Crippen molar-refractivity contribution in [2.24, 2.45) is 0 Å². The Morgan fingerprint density at radius 2 is 1.85 bits per heavy atom. The number of hydrogen-bond acceptors (Lipinski definition) is 3. The van der Waals surface area contributed by atoms with Crippen LogP contribution >= 0.6 is 0 Å². The van der Waals surface area contributed by atoms with Crippen molar-refractivity contribution in [3.8, 4) is 0 Å². The maximum atomic E-state index is 8.64. The third-order valence-corrected chi connectivity index (χ3v) is 7.29. The summed E-state index contributed by atoms with van der Waals surface area (Å²) in [6.07, 6.45) is 0.204. The van der Waals surface area contributed by atoms with E-state index in [1.54, 1.807) is 0 Å². The molecular formula is C8H22O3Si2. The molecule has 1 unspecified atom stereocenters. The molecule has 0 amide bonds. The number of aliphatic hydroxyl groups excluding tert-OH is 1. The first-order valence-electron chi connectivity index (χ1n) is 4.85. The van der Waals surface area contributed by atoms with Crippen LogP contribution in [0, 0.1) is 0 Å². The maximum Gasteiger partial charge on any atom is 0.170 e. The zero-order valence-electron chi connectivity index (χ0n) is 9.08. The van der Waals surface area contributed by atoms with Gasteiger partial charge in [0.15, 0.2) is 23.6 Å². The summed E-state index contributed by atoms with van der Waals surface area (Å²) >= 11 is 0. The topological polar surface area (TPSA) is 49.7 Å². The molecule has 0 rings (SSSR count). The summed E-state index contributed by atoms with van der Waals surface area (Å²) in [4.78, 5) is 0. The molecule has 13 heavy (non-hydrogen) atoms. The van der Waals surface area contributed by atoms with Crippen LogP contribution in [0.15, 0.2) is 0 Å². The summed E-state index contributed by atoms with van der Waals surface area (Å²) in [7, 11) is -2.41. The summed E-state index contributed by atoms with van der Waals surface area (Å²) in [5.74, 6) is 0. The van der Waals surface area contributed by atoms with Gasteiger partial charge in [-0.1, -0.05) is 0 Å². The summed E-state index contributed by atoms with van der Waals surface area (Å²) in [5, 5.41) is 17.3. The Morgan fingerprint density at radius 1 is 1.31 bits per heavy atom. The van der Waals surface area contributed by atoms with Gasteiger partial charge >= 0.3 is 0 Å². The van der Waals surface area contributed by atoms with E-state index in [0.29, 0.717) is 6.42 Å². The molecule has 5 heteroatoms. The standard InChI is InChI=1S/C8H22O3Si2/c1-12(11-13(2,3)4)7-5-6-8(9)10/h8-10,12H,5-7H2,1-4H3. The molecule has 0 saturated heterocycles. The second kappa shape index (κ2) is 5.92. The average Bonchev–Trinajstić information content (AvgIpc) is 1.81. The first-order chi connectivity index (χ1) is 5.81. The third kappa shape index (κ3) is 10.2. The molecule has 0 aromatic carbocycles.